The summed E-state index contributed by atoms with van der Waals surface area (Å²) in [6.07, 6.45) is 1.39. The lowest BCUT2D eigenvalue weighted by Gasteiger charge is -1.97. The van der Waals surface area contributed by atoms with E-state index in [-0.39, 0.29) is 6.42 Å². The molecule has 56 valence electrons. The van der Waals surface area contributed by atoms with Crippen LogP contribution in [0, 0.1) is 17.1 Å². The highest BCUT2D eigenvalue weighted by atomic mass is 79.9. The average molecular weight is 215 g/mol. The van der Waals surface area contributed by atoms with Crippen molar-refractivity contribution in [2.24, 2.45) is 0 Å². The molecule has 0 aromatic carbocycles. The zero-order valence-corrected chi connectivity index (χ0v) is 7.10. The van der Waals surface area contributed by atoms with Gasteiger partial charge in [0.2, 0.25) is 0 Å². The van der Waals surface area contributed by atoms with E-state index in [1.54, 1.807) is 0 Å². The van der Waals surface area contributed by atoms with Crippen LogP contribution in [0.3, 0.4) is 0 Å². The van der Waals surface area contributed by atoms with Crippen LogP contribution >= 0.6 is 15.9 Å². The lowest BCUT2D eigenvalue weighted by molar-refractivity contribution is 0.610. The van der Waals surface area contributed by atoms with Crippen molar-refractivity contribution in [3.63, 3.8) is 0 Å². The third-order valence-corrected chi connectivity index (χ3v) is 1.89. The summed E-state index contributed by atoms with van der Waals surface area (Å²) in [4.78, 5) is 3.78. The molecule has 0 spiro atoms. The van der Waals surface area contributed by atoms with Gasteiger partial charge in [-0.1, -0.05) is 0 Å². The van der Waals surface area contributed by atoms with Crippen LogP contribution in [0.5, 0.6) is 0 Å². The third kappa shape index (κ3) is 1.75. The zero-order valence-electron chi connectivity index (χ0n) is 5.51. The van der Waals surface area contributed by atoms with E-state index in [1.165, 1.54) is 12.3 Å². The topological polar surface area (TPSA) is 36.7 Å². The Morgan fingerprint density at radius 3 is 3.00 bits per heavy atom. The molecule has 0 aliphatic rings. The lowest BCUT2D eigenvalue weighted by atomic mass is 10.2. The molecule has 0 amide bonds. The lowest BCUT2D eigenvalue weighted by Crippen LogP contribution is -1.92. The Bertz CT molecular complexity index is 286. The summed E-state index contributed by atoms with van der Waals surface area (Å²) in [5.74, 6) is -0.395. The quantitative estimate of drug-likeness (QED) is 0.672. The number of rotatable bonds is 1. The Kier molecular flexibility index (Phi) is 2.55. The zero-order chi connectivity index (χ0) is 8.27. The summed E-state index contributed by atoms with van der Waals surface area (Å²) < 4.78 is 13.2. The minimum atomic E-state index is -0.395. The molecular weight excluding hydrogens is 211 g/mol. The first kappa shape index (κ1) is 8.15. The van der Waals surface area contributed by atoms with E-state index in [4.69, 9.17) is 5.26 Å². The summed E-state index contributed by atoms with van der Waals surface area (Å²) >= 11 is 3.05. The minimum Gasteiger partial charge on any atom is -0.249 e. The van der Waals surface area contributed by atoms with Gasteiger partial charge in [0.1, 0.15) is 10.4 Å². The van der Waals surface area contributed by atoms with Gasteiger partial charge < -0.3 is 0 Å². The molecule has 0 saturated carbocycles. The molecule has 0 unspecified atom stereocenters. The van der Waals surface area contributed by atoms with Crippen molar-refractivity contribution >= 4 is 15.9 Å². The first-order valence-electron chi connectivity index (χ1n) is 2.91. The molecule has 11 heavy (non-hydrogen) atoms. The molecule has 0 aliphatic heterocycles. The van der Waals surface area contributed by atoms with Crippen LogP contribution in [0.4, 0.5) is 4.39 Å². The number of pyridine rings is 1. The first-order valence-corrected chi connectivity index (χ1v) is 3.71. The van der Waals surface area contributed by atoms with E-state index in [1.807, 2.05) is 6.07 Å². The summed E-state index contributed by atoms with van der Waals surface area (Å²) in [6, 6.07) is 3.09. The molecule has 2 nitrogen and oxygen atoms in total. The smallest absolute Gasteiger partial charge is 0.131 e. The molecule has 0 bridgehead atoms. The summed E-state index contributed by atoms with van der Waals surface area (Å²) in [7, 11) is 0. The molecule has 1 heterocycles. The molecule has 1 aromatic rings. The normalized spacial score (nSPS) is 9.18. The number of hydrogen-bond donors (Lipinski definition) is 0. The van der Waals surface area contributed by atoms with Crippen LogP contribution in [0.25, 0.3) is 0 Å². The Morgan fingerprint density at radius 2 is 2.45 bits per heavy atom. The van der Waals surface area contributed by atoms with Crippen LogP contribution in [-0.4, -0.2) is 4.98 Å². The van der Waals surface area contributed by atoms with Crippen molar-refractivity contribution in [2.45, 2.75) is 6.42 Å². The third-order valence-electron chi connectivity index (χ3n) is 1.20. The van der Waals surface area contributed by atoms with Gasteiger partial charge in [-0.15, -0.1) is 0 Å². The van der Waals surface area contributed by atoms with Crippen LogP contribution in [0.2, 0.25) is 0 Å². The van der Waals surface area contributed by atoms with E-state index in [9.17, 15) is 4.39 Å². The van der Waals surface area contributed by atoms with Crippen molar-refractivity contribution in [1.82, 2.24) is 4.98 Å². The van der Waals surface area contributed by atoms with Gasteiger partial charge in [-0.2, -0.15) is 5.26 Å². The van der Waals surface area contributed by atoms with Crippen molar-refractivity contribution in [2.75, 3.05) is 0 Å². The monoisotopic (exact) mass is 214 g/mol. The molecule has 0 N–H and O–H groups in total. The van der Waals surface area contributed by atoms with Crippen LogP contribution in [-0.2, 0) is 6.42 Å². The summed E-state index contributed by atoms with van der Waals surface area (Å²) in [5.41, 5.74) is 0.315. The van der Waals surface area contributed by atoms with Crippen molar-refractivity contribution < 1.29 is 4.39 Å². The van der Waals surface area contributed by atoms with Gasteiger partial charge in [0.25, 0.3) is 0 Å². The van der Waals surface area contributed by atoms with Crippen molar-refractivity contribution in [3.05, 3.63) is 28.2 Å². The maximum Gasteiger partial charge on any atom is 0.131 e. The number of hydrogen-bond acceptors (Lipinski definition) is 2. The number of nitriles is 1. The molecule has 4 heteroatoms. The SMILES string of the molecule is N#CCc1c(F)ccnc1Br. The van der Waals surface area contributed by atoms with Crippen molar-refractivity contribution in [3.8, 4) is 6.07 Å². The highest BCUT2D eigenvalue weighted by Gasteiger charge is 2.05. The molecular formula is C7H4BrFN2. The predicted octanol–water partition coefficient (Wildman–Crippen LogP) is 2.05. The fourth-order valence-corrected chi connectivity index (χ4v) is 1.13. The van der Waals surface area contributed by atoms with Gasteiger partial charge in [-0.3, -0.25) is 0 Å². The van der Waals surface area contributed by atoms with Crippen LogP contribution < -0.4 is 0 Å². The van der Waals surface area contributed by atoms with Gasteiger partial charge in [0.15, 0.2) is 0 Å². The molecule has 1 rings (SSSR count). The Morgan fingerprint density at radius 1 is 1.73 bits per heavy atom. The first-order chi connectivity index (χ1) is 5.25. The molecule has 0 aliphatic carbocycles. The Hall–Kier alpha value is -0.950. The maximum absolute atomic E-state index is 12.8. The molecule has 1 aromatic heterocycles. The van der Waals surface area contributed by atoms with Crippen LogP contribution in [0.15, 0.2) is 16.9 Å². The number of halogens is 2. The van der Waals surface area contributed by atoms with Crippen molar-refractivity contribution in [1.29, 1.82) is 5.26 Å². The minimum absolute atomic E-state index is 0.0419. The van der Waals surface area contributed by atoms with Gasteiger partial charge >= 0.3 is 0 Å². The fourth-order valence-electron chi connectivity index (χ4n) is 0.682. The second-order valence-corrected chi connectivity index (χ2v) is 2.65. The van der Waals surface area contributed by atoms with Gasteiger partial charge in [0.05, 0.1) is 12.5 Å². The fraction of sp³-hybridized carbons (Fsp3) is 0.143. The van der Waals surface area contributed by atoms with E-state index < -0.39 is 5.82 Å². The highest BCUT2D eigenvalue weighted by Crippen LogP contribution is 2.16. The summed E-state index contributed by atoms with van der Waals surface area (Å²) in [6.45, 7) is 0. The maximum atomic E-state index is 12.8. The van der Waals surface area contributed by atoms with E-state index in [0.717, 1.165) is 0 Å². The molecule has 0 radical (unpaired) electrons. The van der Waals surface area contributed by atoms with Gasteiger partial charge in [-0.25, -0.2) is 9.37 Å². The van der Waals surface area contributed by atoms with Gasteiger partial charge in [0, 0.05) is 11.8 Å². The standard InChI is InChI=1S/C7H4BrFN2/c8-7-5(1-3-10)6(9)2-4-11-7/h2,4H,1H2. The molecule has 0 atom stereocenters. The van der Waals surface area contributed by atoms with Crippen LogP contribution in [0.1, 0.15) is 5.56 Å². The Balaban J connectivity index is 3.12. The van der Waals surface area contributed by atoms with E-state index >= 15 is 0 Å². The molecule has 0 fully saturated rings. The number of aromatic nitrogens is 1. The second kappa shape index (κ2) is 3.44. The van der Waals surface area contributed by atoms with E-state index in [2.05, 4.69) is 20.9 Å². The molecule has 0 saturated heterocycles. The largest absolute Gasteiger partial charge is 0.249 e. The highest BCUT2D eigenvalue weighted by molar-refractivity contribution is 9.10. The average Bonchev–Trinajstić information content (AvgIpc) is 1.97. The van der Waals surface area contributed by atoms with Gasteiger partial charge in [-0.05, 0) is 22.0 Å². The Labute approximate surface area is 71.8 Å². The second-order valence-electron chi connectivity index (χ2n) is 1.90. The number of nitrogens with zero attached hydrogens (tertiary/aromatic N) is 2. The summed E-state index contributed by atoms with van der Waals surface area (Å²) in [5, 5.41) is 8.30. The van der Waals surface area contributed by atoms with E-state index in [0.29, 0.717) is 10.2 Å². The predicted molar refractivity (Wildman–Crippen MR) is 41.2 cm³/mol.